The highest BCUT2D eigenvalue weighted by Crippen LogP contribution is 2.04. The van der Waals surface area contributed by atoms with Crippen molar-refractivity contribution in [2.24, 2.45) is 0 Å². The van der Waals surface area contributed by atoms with E-state index < -0.39 is 18.1 Å². The summed E-state index contributed by atoms with van der Waals surface area (Å²) in [5, 5.41) is 12.8. The molecule has 0 heterocycles. The van der Waals surface area contributed by atoms with E-state index in [0.29, 0.717) is 11.4 Å². The minimum Gasteiger partial charge on any atom is -0.468 e. The van der Waals surface area contributed by atoms with E-state index in [1.54, 1.807) is 6.92 Å². The average Bonchev–Trinajstić information content (AvgIpc) is 2.54. The zero-order valence-corrected chi connectivity index (χ0v) is 14.8. The molecule has 0 aromatic carbocycles. The van der Waals surface area contributed by atoms with Crippen molar-refractivity contribution >= 4 is 30.0 Å². The molecule has 0 fully saturated rings. The maximum absolute atomic E-state index is 12.0. The topological polar surface area (TPSA) is 94.5 Å². The Balaban J connectivity index is 4.27. The van der Waals surface area contributed by atoms with Gasteiger partial charge in [0.05, 0.1) is 7.11 Å². The van der Waals surface area contributed by atoms with Gasteiger partial charge in [-0.25, -0.2) is 9.59 Å². The van der Waals surface area contributed by atoms with Gasteiger partial charge in [0.15, 0.2) is 0 Å². The Kier molecular flexibility index (Phi) is 12.6. The van der Waals surface area contributed by atoms with Crippen LogP contribution in [0.5, 0.6) is 0 Å². The van der Waals surface area contributed by atoms with Crippen molar-refractivity contribution in [3.8, 4) is 11.2 Å². The maximum Gasteiger partial charge on any atom is 0.344 e. The van der Waals surface area contributed by atoms with E-state index in [2.05, 4.69) is 32.9 Å². The highest BCUT2D eigenvalue weighted by Gasteiger charge is 2.26. The molecular weight excluding hydrogens is 316 g/mol. The summed E-state index contributed by atoms with van der Waals surface area (Å²) in [6.07, 6.45) is 6.61. The van der Waals surface area contributed by atoms with Gasteiger partial charge in [0, 0.05) is 18.5 Å². The number of rotatable bonds is 8. The number of amidine groups is 1. The van der Waals surface area contributed by atoms with Gasteiger partial charge in [-0.05, 0) is 18.6 Å². The van der Waals surface area contributed by atoms with E-state index in [0.717, 1.165) is 31.2 Å². The SMILES string of the molecule is CC#CSNC(=O)N(C(=N)OC)C(=O)NCCCCCCCC. The van der Waals surface area contributed by atoms with E-state index in [-0.39, 0.29) is 0 Å². The van der Waals surface area contributed by atoms with Gasteiger partial charge in [-0.15, -0.1) is 0 Å². The van der Waals surface area contributed by atoms with Gasteiger partial charge < -0.3 is 10.1 Å². The van der Waals surface area contributed by atoms with Gasteiger partial charge in [-0.3, -0.25) is 10.1 Å². The normalized spacial score (nSPS) is 9.35. The molecule has 23 heavy (non-hydrogen) atoms. The van der Waals surface area contributed by atoms with Crippen LogP contribution < -0.4 is 10.0 Å². The second kappa shape index (κ2) is 13.8. The van der Waals surface area contributed by atoms with E-state index in [1.165, 1.54) is 26.4 Å². The first kappa shape index (κ1) is 21.1. The first-order chi connectivity index (χ1) is 11.1. The van der Waals surface area contributed by atoms with Crippen LogP contribution >= 0.6 is 11.9 Å². The number of hydrogen-bond donors (Lipinski definition) is 3. The number of ether oxygens (including phenoxy) is 1. The molecule has 4 amide bonds. The predicted octanol–water partition coefficient (Wildman–Crippen LogP) is 3.28. The molecule has 0 aromatic heterocycles. The fraction of sp³-hybridized carbons (Fsp3) is 0.667. The van der Waals surface area contributed by atoms with Crippen LogP contribution in [-0.4, -0.2) is 36.6 Å². The van der Waals surface area contributed by atoms with Gasteiger partial charge in [0.2, 0.25) is 0 Å². The zero-order valence-electron chi connectivity index (χ0n) is 14.0. The summed E-state index contributed by atoms with van der Waals surface area (Å²) in [4.78, 5) is 24.6. The molecule has 7 nitrogen and oxygen atoms in total. The minimum atomic E-state index is -0.773. The van der Waals surface area contributed by atoms with E-state index in [1.807, 2.05) is 0 Å². The van der Waals surface area contributed by atoms with Crippen LogP contribution in [0.2, 0.25) is 0 Å². The number of nitrogens with zero attached hydrogens (tertiary/aromatic N) is 1. The molecule has 0 unspecified atom stereocenters. The number of imide groups is 1. The third-order valence-electron chi connectivity index (χ3n) is 2.90. The lowest BCUT2D eigenvalue weighted by Gasteiger charge is -2.19. The third kappa shape index (κ3) is 9.68. The Labute approximate surface area is 142 Å². The number of carbonyl (C=O) groups excluding carboxylic acids is 2. The molecule has 130 valence electrons. The summed E-state index contributed by atoms with van der Waals surface area (Å²) in [5.74, 6) is 2.59. The summed E-state index contributed by atoms with van der Waals surface area (Å²) in [7, 11) is 1.22. The molecule has 0 aliphatic carbocycles. The molecule has 3 N–H and O–H groups in total. The van der Waals surface area contributed by atoms with Crippen molar-refractivity contribution in [1.29, 1.82) is 5.41 Å². The average molecular weight is 342 g/mol. The van der Waals surface area contributed by atoms with Gasteiger partial charge >= 0.3 is 18.1 Å². The third-order valence-corrected chi connectivity index (χ3v) is 3.48. The maximum atomic E-state index is 12.0. The fourth-order valence-electron chi connectivity index (χ4n) is 1.71. The molecule has 0 radical (unpaired) electrons. The van der Waals surface area contributed by atoms with Crippen LogP contribution in [-0.2, 0) is 4.74 Å². The minimum absolute atomic E-state index is 0.452. The number of urea groups is 2. The van der Waals surface area contributed by atoms with Crippen molar-refractivity contribution in [3.63, 3.8) is 0 Å². The summed E-state index contributed by atoms with van der Waals surface area (Å²) >= 11 is 0.840. The highest BCUT2D eigenvalue weighted by atomic mass is 32.2. The summed E-state index contributed by atoms with van der Waals surface area (Å²) in [5.41, 5.74) is 0. The van der Waals surface area contributed by atoms with Crippen molar-refractivity contribution in [3.05, 3.63) is 0 Å². The van der Waals surface area contributed by atoms with Crippen molar-refractivity contribution < 1.29 is 14.3 Å². The number of hydrogen-bond acceptors (Lipinski definition) is 5. The molecule has 0 aliphatic heterocycles. The molecular formula is C15H26N4O3S. The Morgan fingerprint density at radius 2 is 1.83 bits per heavy atom. The molecule has 0 aliphatic rings. The van der Waals surface area contributed by atoms with Crippen molar-refractivity contribution in [1.82, 2.24) is 14.9 Å². The predicted molar refractivity (Wildman–Crippen MR) is 92.9 cm³/mol. The first-order valence-corrected chi connectivity index (χ1v) is 8.48. The number of amides is 4. The first-order valence-electron chi connectivity index (χ1n) is 7.66. The lowest BCUT2D eigenvalue weighted by molar-refractivity contribution is 0.197. The number of methoxy groups -OCH3 is 1. The van der Waals surface area contributed by atoms with Gasteiger partial charge in [-0.1, -0.05) is 44.9 Å². The fourth-order valence-corrected chi connectivity index (χ4v) is 2.05. The number of carbonyl (C=O) groups is 2. The molecule has 0 spiro atoms. The molecule has 0 saturated heterocycles. The largest absolute Gasteiger partial charge is 0.468 e. The van der Waals surface area contributed by atoms with E-state index >= 15 is 0 Å². The lowest BCUT2D eigenvalue weighted by Crippen LogP contribution is -2.50. The highest BCUT2D eigenvalue weighted by molar-refractivity contribution is 8.02. The van der Waals surface area contributed by atoms with Crippen LogP contribution in [0.1, 0.15) is 52.4 Å². The second-order valence-corrected chi connectivity index (χ2v) is 5.32. The van der Waals surface area contributed by atoms with Crippen LogP contribution in [0.3, 0.4) is 0 Å². The lowest BCUT2D eigenvalue weighted by atomic mass is 10.1. The Morgan fingerprint density at radius 3 is 2.43 bits per heavy atom. The summed E-state index contributed by atoms with van der Waals surface area (Å²) < 4.78 is 7.03. The second-order valence-electron chi connectivity index (χ2n) is 4.71. The Bertz CT molecular complexity index is 446. The van der Waals surface area contributed by atoms with Gasteiger partial charge in [0.25, 0.3) is 0 Å². The van der Waals surface area contributed by atoms with Gasteiger partial charge in [0.1, 0.15) is 0 Å². The zero-order chi connectivity index (χ0) is 17.5. The standard InChI is InChI=1S/C15H26N4O3S/c1-4-6-7-8-9-10-11-17-14(20)19(13(16)22-3)15(21)18-23-12-5-2/h16H,4,6-11H2,1-3H3,(H,17,20)(H,18,21). The Hall–Kier alpha value is -1.88. The van der Waals surface area contributed by atoms with Crippen LogP contribution in [0.25, 0.3) is 0 Å². The Morgan fingerprint density at radius 1 is 1.17 bits per heavy atom. The molecule has 8 heteroatoms. The van der Waals surface area contributed by atoms with Crippen molar-refractivity contribution in [2.75, 3.05) is 13.7 Å². The smallest absolute Gasteiger partial charge is 0.344 e. The summed E-state index contributed by atoms with van der Waals surface area (Å²) in [6.45, 7) is 4.24. The molecule has 0 bridgehead atoms. The number of unbranched alkanes of at least 4 members (excludes halogenated alkanes) is 5. The molecule has 0 rings (SSSR count). The molecule has 0 atom stereocenters. The molecule has 0 aromatic rings. The van der Waals surface area contributed by atoms with Crippen LogP contribution in [0.15, 0.2) is 0 Å². The van der Waals surface area contributed by atoms with Crippen molar-refractivity contribution in [2.45, 2.75) is 52.4 Å². The number of nitrogens with one attached hydrogen (secondary N) is 3. The van der Waals surface area contributed by atoms with Crippen LogP contribution in [0, 0.1) is 16.6 Å². The van der Waals surface area contributed by atoms with Crippen LogP contribution in [0.4, 0.5) is 9.59 Å². The monoisotopic (exact) mass is 342 g/mol. The van der Waals surface area contributed by atoms with E-state index in [4.69, 9.17) is 5.41 Å². The summed E-state index contributed by atoms with van der Waals surface area (Å²) in [6, 6.07) is -2.01. The van der Waals surface area contributed by atoms with E-state index in [9.17, 15) is 9.59 Å². The van der Waals surface area contributed by atoms with Gasteiger partial charge in [-0.2, -0.15) is 4.90 Å². The quantitative estimate of drug-likeness (QED) is 0.207. The molecule has 0 saturated carbocycles.